The highest BCUT2D eigenvalue weighted by atomic mass is 16.6. The molecule has 1 aliphatic rings. The minimum Gasteiger partial charge on any atom is -0.358 e. The Morgan fingerprint density at radius 3 is 2.47 bits per heavy atom. The molecule has 1 saturated heterocycles. The predicted octanol–water partition coefficient (Wildman–Crippen LogP) is 2.23. The van der Waals surface area contributed by atoms with Crippen molar-refractivity contribution in [2.45, 2.75) is 52.1 Å². The van der Waals surface area contributed by atoms with Crippen molar-refractivity contribution in [3.8, 4) is 0 Å². The number of anilines is 1. The molecular weight excluding hydrogens is 246 g/mol. The molecule has 1 fully saturated rings. The summed E-state index contributed by atoms with van der Waals surface area (Å²) in [5.74, 6) is 0.986. The Kier molecular flexibility index (Phi) is 3.75. The van der Waals surface area contributed by atoms with E-state index in [9.17, 15) is 10.1 Å². The first-order valence-electron chi connectivity index (χ1n) is 6.64. The van der Waals surface area contributed by atoms with Crippen LogP contribution in [0.5, 0.6) is 0 Å². The largest absolute Gasteiger partial charge is 0.408 e. The summed E-state index contributed by atoms with van der Waals surface area (Å²) in [6, 6.07) is 0.720. The number of nitrogens with one attached hydrogen (secondary N) is 1. The van der Waals surface area contributed by atoms with Gasteiger partial charge in [-0.05, 0) is 36.6 Å². The molecule has 1 aromatic rings. The summed E-state index contributed by atoms with van der Waals surface area (Å²) >= 11 is 0. The lowest BCUT2D eigenvalue weighted by Crippen LogP contribution is -2.47. The van der Waals surface area contributed by atoms with Crippen LogP contribution in [-0.2, 0) is 7.05 Å². The lowest BCUT2D eigenvalue weighted by atomic mass is 10.00. The lowest BCUT2D eigenvalue weighted by molar-refractivity contribution is -0.388. The van der Waals surface area contributed by atoms with Crippen molar-refractivity contribution in [3.63, 3.8) is 0 Å². The van der Waals surface area contributed by atoms with E-state index in [1.165, 1.54) is 6.42 Å². The second-order valence-corrected chi connectivity index (χ2v) is 5.30. The van der Waals surface area contributed by atoms with Gasteiger partial charge in [0.1, 0.15) is 0 Å². The predicted molar refractivity (Wildman–Crippen MR) is 72.8 cm³/mol. The van der Waals surface area contributed by atoms with Crippen LogP contribution in [0.2, 0.25) is 0 Å². The van der Waals surface area contributed by atoms with E-state index in [-0.39, 0.29) is 5.82 Å². The van der Waals surface area contributed by atoms with Crippen LogP contribution in [0.15, 0.2) is 0 Å². The summed E-state index contributed by atoms with van der Waals surface area (Å²) in [5.41, 5.74) is 3.21. The Morgan fingerprint density at radius 2 is 1.95 bits per heavy atom. The number of nitro groups is 1. The molecule has 19 heavy (non-hydrogen) atoms. The Balaban J connectivity index is 2.29. The Hall–Kier alpha value is -1.63. The maximum atomic E-state index is 11.1. The molecule has 2 rings (SSSR count). The maximum Gasteiger partial charge on any atom is 0.408 e. The molecule has 0 amide bonds. The third kappa shape index (κ3) is 2.56. The van der Waals surface area contributed by atoms with Gasteiger partial charge in [-0.15, -0.1) is 0 Å². The van der Waals surface area contributed by atoms with Crippen molar-refractivity contribution in [2.24, 2.45) is 7.05 Å². The fourth-order valence-electron chi connectivity index (χ4n) is 2.61. The van der Waals surface area contributed by atoms with Crippen LogP contribution < -0.4 is 5.43 Å². The fraction of sp³-hybridized carbons (Fsp3) is 0.750. The van der Waals surface area contributed by atoms with E-state index < -0.39 is 4.92 Å². The number of piperidine rings is 1. The second kappa shape index (κ2) is 5.16. The van der Waals surface area contributed by atoms with Gasteiger partial charge in [-0.25, -0.2) is 5.01 Å². The summed E-state index contributed by atoms with van der Waals surface area (Å²) in [6.07, 6.45) is 3.40. The highest BCUT2D eigenvalue weighted by molar-refractivity contribution is 5.52. The van der Waals surface area contributed by atoms with Crippen LogP contribution in [0.25, 0.3) is 0 Å². The zero-order valence-electron chi connectivity index (χ0n) is 11.9. The van der Waals surface area contributed by atoms with Crippen molar-refractivity contribution < 1.29 is 4.92 Å². The molecule has 1 N–H and O–H groups in total. The molecule has 0 spiro atoms. The number of rotatable bonds is 3. The summed E-state index contributed by atoms with van der Waals surface area (Å²) in [5, 5.41) is 13.2. The molecule has 1 aliphatic heterocycles. The van der Waals surface area contributed by atoms with Crippen molar-refractivity contribution in [2.75, 3.05) is 5.43 Å². The highest BCUT2D eigenvalue weighted by Gasteiger charge is 2.30. The van der Waals surface area contributed by atoms with E-state index in [1.54, 1.807) is 18.5 Å². The normalized spacial score (nSPS) is 24.4. The van der Waals surface area contributed by atoms with Crippen LogP contribution in [-0.4, -0.2) is 31.6 Å². The van der Waals surface area contributed by atoms with Crippen LogP contribution in [0.3, 0.4) is 0 Å². The van der Waals surface area contributed by atoms with Gasteiger partial charge in [0.15, 0.2) is 0 Å². The zero-order valence-corrected chi connectivity index (χ0v) is 11.9. The second-order valence-electron chi connectivity index (χ2n) is 5.30. The number of hydrazine groups is 1. The molecule has 2 atom stereocenters. The topological polar surface area (TPSA) is 76.2 Å². The summed E-state index contributed by atoms with van der Waals surface area (Å²) < 4.78 is 1.73. The molecule has 0 radical (unpaired) electrons. The Morgan fingerprint density at radius 1 is 1.37 bits per heavy atom. The lowest BCUT2D eigenvalue weighted by Gasteiger charge is -2.39. The van der Waals surface area contributed by atoms with Crippen molar-refractivity contribution in [1.29, 1.82) is 0 Å². The molecular formula is C12H21N5O2. The minimum absolute atomic E-state index is 0.107. The number of aryl methyl sites for hydroxylation is 1. The summed E-state index contributed by atoms with van der Waals surface area (Å²) in [4.78, 5) is 14.6. The minimum atomic E-state index is -0.436. The molecule has 0 aromatic carbocycles. The van der Waals surface area contributed by atoms with E-state index >= 15 is 0 Å². The van der Waals surface area contributed by atoms with Crippen molar-refractivity contribution in [1.82, 2.24) is 14.6 Å². The highest BCUT2D eigenvalue weighted by Crippen LogP contribution is 2.28. The Labute approximate surface area is 112 Å². The fourth-order valence-corrected chi connectivity index (χ4v) is 2.61. The molecule has 2 heterocycles. The molecule has 7 nitrogen and oxygen atoms in total. The molecule has 0 bridgehead atoms. The van der Waals surface area contributed by atoms with Crippen molar-refractivity contribution >= 4 is 11.6 Å². The molecule has 0 saturated carbocycles. The van der Waals surface area contributed by atoms with Crippen LogP contribution in [0.1, 0.15) is 38.9 Å². The van der Waals surface area contributed by atoms with Gasteiger partial charge in [-0.1, -0.05) is 6.42 Å². The van der Waals surface area contributed by atoms with Gasteiger partial charge >= 0.3 is 5.82 Å². The number of nitrogens with zero attached hydrogens (tertiary/aromatic N) is 4. The van der Waals surface area contributed by atoms with Gasteiger partial charge in [-0.3, -0.25) is 9.99 Å². The van der Waals surface area contributed by atoms with Crippen LogP contribution in [0, 0.1) is 17.0 Å². The number of aromatic nitrogens is 2. The SMILES string of the molecule is Cc1nc([N+](=O)[O-])c(NN2C(C)CCCC2C)n1C. The smallest absolute Gasteiger partial charge is 0.358 e. The molecule has 0 aliphatic carbocycles. The average molecular weight is 267 g/mol. The van der Waals surface area contributed by atoms with Gasteiger partial charge in [0.25, 0.3) is 0 Å². The van der Waals surface area contributed by atoms with E-state index in [1.807, 2.05) is 0 Å². The van der Waals surface area contributed by atoms with Gasteiger partial charge in [0.2, 0.25) is 11.6 Å². The average Bonchev–Trinajstić information content (AvgIpc) is 2.62. The van der Waals surface area contributed by atoms with E-state index in [2.05, 4.69) is 29.3 Å². The van der Waals surface area contributed by atoms with Gasteiger partial charge < -0.3 is 10.1 Å². The van der Waals surface area contributed by atoms with Gasteiger partial charge in [-0.2, -0.15) is 0 Å². The first kappa shape index (κ1) is 13.8. The molecule has 1 aromatic heterocycles. The van der Waals surface area contributed by atoms with Crippen LogP contribution >= 0.6 is 0 Å². The first-order valence-corrected chi connectivity index (χ1v) is 6.64. The summed E-state index contributed by atoms with van der Waals surface area (Å²) in [6.45, 7) is 6.04. The van der Waals surface area contributed by atoms with Crippen molar-refractivity contribution in [3.05, 3.63) is 15.9 Å². The van der Waals surface area contributed by atoms with E-state index in [0.29, 0.717) is 23.7 Å². The molecule has 7 heteroatoms. The van der Waals surface area contributed by atoms with Gasteiger partial charge in [0.05, 0.1) is 0 Å². The monoisotopic (exact) mass is 267 g/mol. The standard InChI is InChI=1S/C12H21N5O2/c1-8-6-5-7-9(2)16(8)14-12-11(17(18)19)13-10(3)15(12)4/h8-9,14H,5-7H2,1-4H3. The quantitative estimate of drug-likeness (QED) is 0.671. The van der Waals surface area contributed by atoms with Gasteiger partial charge in [0, 0.05) is 26.1 Å². The number of hydrogen-bond donors (Lipinski definition) is 1. The molecule has 2 unspecified atom stereocenters. The number of hydrogen-bond acceptors (Lipinski definition) is 5. The number of imidazole rings is 1. The van der Waals surface area contributed by atoms with E-state index in [0.717, 1.165) is 12.8 Å². The van der Waals surface area contributed by atoms with Crippen LogP contribution in [0.4, 0.5) is 11.6 Å². The Bertz CT molecular complexity index is 475. The zero-order chi connectivity index (χ0) is 14.2. The first-order chi connectivity index (χ1) is 8.91. The third-order valence-corrected chi connectivity index (χ3v) is 3.90. The van der Waals surface area contributed by atoms with E-state index in [4.69, 9.17) is 0 Å². The summed E-state index contributed by atoms with van der Waals surface area (Å²) in [7, 11) is 1.79. The third-order valence-electron chi connectivity index (χ3n) is 3.90. The molecule has 106 valence electrons. The maximum absolute atomic E-state index is 11.1.